The maximum atomic E-state index is 5.30. The molecule has 0 aliphatic carbocycles. The first kappa shape index (κ1) is 15.4. The number of ether oxygens (including phenoxy) is 2. The van der Waals surface area contributed by atoms with Gasteiger partial charge in [0, 0.05) is 19.2 Å². The highest BCUT2D eigenvalue weighted by atomic mass is 16.5. The van der Waals surface area contributed by atoms with Gasteiger partial charge in [-0.25, -0.2) is 0 Å². The van der Waals surface area contributed by atoms with E-state index in [0.29, 0.717) is 0 Å². The van der Waals surface area contributed by atoms with Gasteiger partial charge in [-0.1, -0.05) is 36.4 Å². The Labute approximate surface area is 136 Å². The van der Waals surface area contributed by atoms with Crippen LogP contribution in [0.5, 0.6) is 11.5 Å². The number of methoxy groups -OCH3 is 2. The molecule has 0 spiro atoms. The Kier molecular flexibility index (Phi) is 4.79. The van der Waals surface area contributed by atoms with Gasteiger partial charge in [-0.3, -0.25) is 0 Å². The lowest BCUT2D eigenvalue weighted by atomic mass is 10.1. The molecule has 3 heteroatoms. The SMILES string of the molecule is COc1cc(CNCc2ccc3ccccc3c2)cc(OC)c1. The molecule has 0 aromatic heterocycles. The van der Waals surface area contributed by atoms with Gasteiger partial charge in [0.15, 0.2) is 0 Å². The van der Waals surface area contributed by atoms with Crippen LogP contribution >= 0.6 is 0 Å². The third-order valence-corrected chi connectivity index (χ3v) is 3.88. The molecule has 3 rings (SSSR count). The van der Waals surface area contributed by atoms with E-state index in [9.17, 15) is 0 Å². The van der Waals surface area contributed by atoms with Gasteiger partial charge < -0.3 is 14.8 Å². The van der Waals surface area contributed by atoms with Crippen LogP contribution in [0.25, 0.3) is 10.8 Å². The van der Waals surface area contributed by atoms with Crippen molar-refractivity contribution in [1.29, 1.82) is 0 Å². The lowest BCUT2D eigenvalue weighted by Gasteiger charge is -2.10. The molecular weight excluding hydrogens is 286 g/mol. The molecule has 0 aliphatic rings. The van der Waals surface area contributed by atoms with Gasteiger partial charge in [0.2, 0.25) is 0 Å². The van der Waals surface area contributed by atoms with Gasteiger partial charge in [-0.15, -0.1) is 0 Å². The van der Waals surface area contributed by atoms with E-state index in [1.165, 1.54) is 16.3 Å². The van der Waals surface area contributed by atoms with Crippen LogP contribution in [-0.4, -0.2) is 14.2 Å². The predicted molar refractivity (Wildman–Crippen MR) is 94.0 cm³/mol. The smallest absolute Gasteiger partial charge is 0.122 e. The lowest BCUT2D eigenvalue weighted by Crippen LogP contribution is -2.12. The maximum Gasteiger partial charge on any atom is 0.122 e. The second-order valence-electron chi connectivity index (χ2n) is 5.51. The predicted octanol–water partition coefficient (Wildman–Crippen LogP) is 4.15. The largest absolute Gasteiger partial charge is 0.497 e. The zero-order chi connectivity index (χ0) is 16.1. The molecule has 3 aromatic carbocycles. The van der Waals surface area contributed by atoms with E-state index in [4.69, 9.17) is 9.47 Å². The van der Waals surface area contributed by atoms with Crippen molar-refractivity contribution in [1.82, 2.24) is 5.32 Å². The molecule has 23 heavy (non-hydrogen) atoms. The number of rotatable bonds is 6. The molecule has 0 amide bonds. The molecule has 0 unspecified atom stereocenters. The van der Waals surface area contributed by atoms with Crippen molar-refractivity contribution in [3.63, 3.8) is 0 Å². The van der Waals surface area contributed by atoms with Crippen molar-refractivity contribution >= 4 is 10.8 Å². The summed E-state index contributed by atoms with van der Waals surface area (Å²) in [6, 6.07) is 20.9. The molecular formula is C20H21NO2. The number of benzene rings is 3. The van der Waals surface area contributed by atoms with Gasteiger partial charge in [0.25, 0.3) is 0 Å². The normalized spacial score (nSPS) is 10.7. The number of hydrogen-bond acceptors (Lipinski definition) is 3. The monoisotopic (exact) mass is 307 g/mol. The van der Waals surface area contributed by atoms with E-state index in [-0.39, 0.29) is 0 Å². The van der Waals surface area contributed by atoms with Crippen LogP contribution in [0.3, 0.4) is 0 Å². The Bertz CT molecular complexity index is 776. The zero-order valence-corrected chi connectivity index (χ0v) is 13.5. The van der Waals surface area contributed by atoms with Crippen LogP contribution in [0.1, 0.15) is 11.1 Å². The molecule has 3 nitrogen and oxygen atoms in total. The van der Waals surface area contributed by atoms with Crippen LogP contribution in [-0.2, 0) is 13.1 Å². The number of nitrogens with one attached hydrogen (secondary N) is 1. The molecule has 0 bridgehead atoms. The van der Waals surface area contributed by atoms with Gasteiger partial charge in [-0.2, -0.15) is 0 Å². The molecule has 0 saturated carbocycles. The molecule has 1 N–H and O–H groups in total. The van der Waals surface area contributed by atoms with E-state index in [1.54, 1.807) is 14.2 Å². The first-order chi connectivity index (χ1) is 11.3. The highest BCUT2D eigenvalue weighted by Crippen LogP contribution is 2.22. The van der Waals surface area contributed by atoms with Crippen molar-refractivity contribution in [3.8, 4) is 11.5 Å². The summed E-state index contributed by atoms with van der Waals surface area (Å²) < 4.78 is 10.6. The summed E-state index contributed by atoms with van der Waals surface area (Å²) in [4.78, 5) is 0. The third-order valence-electron chi connectivity index (χ3n) is 3.88. The van der Waals surface area contributed by atoms with Crippen molar-refractivity contribution in [2.45, 2.75) is 13.1 Å². The Balaban J connectivity index is 1.66. The van der Waals surface area contributed by atoms with Crippen molar-refractivity contribution in [2.24, 2.45) is 0 Å². The topological polar surface area (TPSA) is 30.5 Å². The summed E-state index contributed by atoms with van der Waals surface area (Å²) >= 11 is 0. The fourth-order valence-electron chi connectivity index (χ4n) is 2.67. The Morgan fingerprint density at radius 1 is 0.696 bits per heavy atom. The minimum absolute atomic E-state index is 0.764. The quantitative estimate of drug-likeness (QED) is 0.742. The summed E-state index contributed by atoms with van der Waals surface area (Å²) in [6.07, 6.45) is 0. The van der Waals surface area contributed by atoms with Crippen LogP contribution < -0.4 is 14.8 Å². The van der Waals surface area contributed by atoms with Crippen LogP contribution in [0.4, 0.5) is 0 Å². The fraction of sp³-hybridized carbons (Fsp3) is 0.200. The molecule has 3 aromatic rings. The average Bonchev–Trinajstić information content (AvgIpc) is 2.61. The number of fused-ring (bicyclic) bond motifs is 1. The average molecular weight is 307 g/mol. The summed E-state index contributed by atoms with van der Waals surface area (Å²) in [5.74, 6) is 1.62. The summed E-state index contributed by atoms with van der Waals surface area (Å²) in [5.41, 5.74) is 2.42. The van der Waals surface area contributed by atoms with E-state index in [1.807, 2.05) is 18.2 Å². The minimum Gasteiger partial charge on any atom is -0.497 e. The Morgan fingerprint density at radius 2 is 1.35 bits per heavy atom. The summed E-state index contributed by atoms with van der Waals surface area (Å²) in [5, 5.41) is 6.02. The maximum absolute atomic E-state index is 5.30. The van der Waals surface area contributed by atoms with Crippen LogP contribution in [0.15, 0.2) is 60.7 Å². The van der Waals surface area contributed by atoms with Crippen molar-refractivity contribution < 1.29 is 9.47 Å². The van der Waals surface area contributed by atoms with Crippen molar-refractivity contribution in [3.05, 3.63) is 71.8 Å². The van der Waals surface area contributed by atoms with Gasteiger partial charge >= 0.3 is 0 Å². The highest BCUT2D eigenvalue weighted by Gasteiger charge is 2.02. The minimum atomic E-state index is 0.764. The second kappa shape index (κ2) is 7.16. The molecule has 0 radical (unpaired) electrons. The molecule has 0 heterocycles. The van der Waals surface area contributed by atoms with E-state index < -0.39 is 0 Å². The first-order valence-corrected chi connectivity index (χ1v) is 7.69. The lowest BCUT2D eigenvalue weighted by molar-refractivity contribution is 0.393. The molecule has 118 valence electrons. The molecule has 0 fully saturated rings. The Morgan fingerprint density at radius 3 is 2.04 bits per heavy atom. The molecule has 0 atom stereocenters. The van der Waals surface area contributed by atoms with E-state index >= 15 is 0 Å². The van der Waals surface area contributed by atoms with Gasteiger partial charge in [0.05, 0.1) is 14.2 Å². The Hall–Kier alpha value is -2.52. The summed E-state index contributed by atoms with van der Waals surface area (Å²) in [7, 11) is 3.34. The van der Waals surface area contributed by atoms with Gasteiger partial charge in [0.1, 0.15) is 11.5 Å². The highest BCUT2D eigenvalue weighted by molar-refractivity contribution is 5.82. The van der Waals surface area contributed by atoms with Crippen LogP contribution in [0, 0.1) is 0 Å². The zero-order valence-electron chi connectivity index (χ0n) is 13.5. The third kappa shape index (κ3) is 3.82. The summed E-state index contributed by atoms with van der Waals surface area (Å²) in [6.45, 7) is 1.59. The number of hydrogen-bond donors (Lipinski definition) is 1. The van der Waals surface area contributed by atoms with E-state index in [2.05, 4.69) is 47.8 Å². The van der Waals surface area contributed by atoms with Gasteiger partial charge in [-0.05, 0) is 40.1 Å². The fourth-order valence-corrected chi connectivity index (χ4v) is 2.67. The van der Waals surface area contributed by atoms with Crippen LogP contribution in [0.2, 0.25) is 0 Å². The standard InChI is InChI=1S/C20H21NO2/c1-22-19-10-16(11-20(12-19)23-2)14-21-13-15-7-8-17-5-3-4-6-18(17)9-15/h3-12,21H,13-14H2,1-2H3. The second-order valence-corrected chi connectivity index (χ2v) is 5.51. The molecule has 0 aliphatic heterocycles. The first-order valence-electron chi connectivity index (χ1n) is 7.69. The molecule has 0 saturated heterocycles. The van der Waals surface area contributed by atoms with Crippen molar-refractivity contribution in [2.75, 3.05) is 14.2 Å². The van der Waals surface area contributed by atoms with E-state index in [0.717, 1.165) is 30.2 Å².